The summed E-state index contributed by atoms with van der Waals surface area (Å²) in [6.07, 6.45) is -1.52. The van der Waals surface area contributed by atoms with Gasteiger partial charge in [0, 0.05) is 24.8 Å². The number of hydrogen-bond acceptors (Lipinski definition) is 4. The number of nitrogens with zero attached hydrogens (tertiary/aromatic N) is 4. The molecule has 0 bridgehead atoms. The van der Waals surface area contributed by atoms with E-state index in [9.17, 15) is 18.0 Å². The number of likely N-dealkylation sites (tertiary alicyclic amines) is 1. The summed E-state index contributed by atoms with van der Waals surface area (Å²) in [5, 5.41) is 7.66. The van der Waals surface area contributed by atoms with E-state index in [1.807, 2.05) is 41.1 Å². The molecule has 1 aromatic carbocycles. The number of rotatable bonds is 3. The van der Waals surface area contributed by atoms with Crippen LogP contribution in [-0.2, 0) is 17.5 Å². The first-order valence-electron chi connectivity index (χ1n) is 8.64. The lowest BCUT2D eigenvalue weighted by molar-refractivity contribution is -0.157. The molecule has 142 valence electrons. The zero-order valence-corrected chi connectivity index (χ0v) is 14.3. The van der Waals surface area contributed by atoms with E-state index < -0.39 is 12.1 Å². The van der Waals surface area contributed by atoms with Gasteiger partial charge in [0.2, 0.25) is 11.8 Å². The molecule has 1 aliphatic rings. The first kappa shape index (κ1) is 17.6. The molecule has 1 aliphatic heterocycles. The maximum atomic E-state index is 12.7. The summed E-state index contributed by atoms with van der Waals surface area (Å²) in [4.78, 5) is 14.4. The molecule has 1 atom stereocenters. The van der Waals surface area contributed by atoms with Gasteiger partial charge in [-0.3, -0.25) is 4.79 Å². The van der Waals surface area contributed by atoms with Gasteiger partial charge in [-0.1, -0.05) is 18.2 Å². The van der Waals surface area contributed by atoms with E-state index in [1.165, 1.54) is 0 Å². The van der Waals surface area contributed by atoms with Crippen molar-refractivity contribution in [3.63, 3.8) is 0 Å². The monoisotopic (exact) mass is 378 g/mol. The van der Waals surface area contributed by atoms with Gasteiger partial charge in [-0.05, 0) is 30.4 Å². The van der Waals surface area contributed by atoms with Crippen molar-refractivity contribution in [1.82, 2.24) is 19.7 Å². The third-order valence-corrected chi connectivity index (χ3v) is 4.79. The van der Waals surface area contributed by atoms with Crippen molar-refractivity contribution in [2.45, 2.75) is 31.5 Å². The number of fused-ring (bicyclic) bond motifs is 1. The second-order valence-electron chi connectivity index (χ2n) is 6.62. The number of carbonyl (C=O) groups excluding carboxylic acids is 1. The van der Waals surface area contributed by atoms with E-state index in [0.717, 1.165) is 10.9 Å². The highest BCUT2D eigenvalue weighted by atomic mass is 19.4. The van der Waals surface area contributed by atoms with Gasteiger partial charge in [-0.25, -0.2) is 0 Å². The number of hydrogen-bond donors (Lipinski definition) is 0. The Morgan fingerprint density at radius 2 is 2.04 bits per heavy atom. The lowest BCUT2D eigenvalue weighted by Gasteiger charge is -2.31. The number of halogens is 3. The van der Waals surface area contributed by atoms with E-state index in [2.05, 4.69) is 10.2 Å². The second-order valence-corrected chi connectivity index (χ2v) is 6.62. The van der Waals surface area contributed by atoms with Crippen LogP contribution in [0.3, 0.4) is 0 Å². The fourth-order valence-corrected chi connectivity index (χ4v) is 3.44. The van der Waals surface area contributed by atoms with E-state index >= 15 is 0 Å². The zero-order valence-electron chi connectivity index (χ0n) is 14.3. The van der Waals surface area contributed by atoms with Gasteiger partial charge in [0.15, 0.2) is 0 Å². The van der Waals surface area contributed by atoms with E-state index in [4.69, 9.17) is 4.42 Å². The van der Waals surface area contributed by atoms with Gasteiger partial charge in [0.05, 0.1) is 5.92 Å². The zero-order chi connectivity index (χ0) is 19.0. The Hall–Kier alpha value is -2.84. The summed E-state index contributed by atoms with van der Waals surface area (Å²) in [7, 11) is 0. The van der Waals surface area contributed by atoms with Crippen LogP contribution in [0.5, 0.6) is 0 Å². The minimum absolute atomic E-state index is 0.0637. The predicted octanol–water partition coefficient (Wildman–Crippen LogP) is 3.45. The highest BCUT2D eigenvalue weighted by molar-refractivity contribution is 5.83. The molecule has 0 radical (unpaired) electrons. The minimum Gasteiger partial charge on any atom is -0.417 e. The highest BCUT2D eigenvalue weighted by Gasteiger charge is 2.39. The molecule has 1 saturated heterocycles. The van der Waals surface area contributed by atoms with E-state index in [0.29, 0.717) is 19.4 Å². The Labute approximate surface area is 152 Å². The highest BCUT2D eigenvalue weighted by Crippen LogP contribution is 2.32. The molecule has 0 N–H and O–H groups in total. The largest absolute Gasteiger partial charge is 0.470 e. The maximum absolute atomic E-state index is 12.7. The third kappa shape index (κ3) is 3.54. The average molecular weight is 378 g/mol. The van der Waals surface area contributed by atoms with Crippen LogP contribution in [0.4, 0.5) is 13.2 Å². The number of alkyl halides is 3. The fraction of sp³-hybridized carbons (Fsp3) is 0.389. The lowest BCUT2D eigenvalue weighted by atomic mass is 9.98. The first-order chi connectivity index (χ1) is 12.9. The van der Waals surface area contributed by atoms with Crippen LogP contribution in [0.2, 0.25) is 0 Å². The molecular weight excluding hydrogens is 361 g/mol. The van der Waals surface area contributed by atoms with E-state index in [-0.39, 0.29) is 30.8 Å². The Balaban J connectivity index is 1.46. The van der Waals surface area contributed by atoms with Crippen LogP contribution in [-0.4, -0.2) is 38.7 Å². The summed E-state index contributed by atoms with van der Waals surface area (Å²) in [5.74, 6) is -1.88. The molecule has 4 rings (SSSR count). The van der Waals surface area contributed by atoms with Gasteiger partial charge in [-0.15, -0.1) is 10.2 Å². The molecule has 1 unspecified atom stereocenters. The summed E-state index contributed by atoms with van der Waals surface area (Å²) in [6, 6.07) is 9.70. The van der Waals surface area contributed by atoms with Crippen LogP contribution in [0.1, 0.15) is 30.5 Å². The molecule has 0 spiro atoms. The van der Waals surface area contributed by atoms with E-state index in [1.54, 1.807) is 4.90 Å². The quantitative estimate of drug-likeness (QED) is 0.700. The van der Waals surface area contributed by atoms with Crippen molar-refractivity contribution in [2.24, 2.45) is 0 Å². The standard InChI is InChI=1S/C18H17F3N4O2/c19-18(20,21)17-23-22-16(27-17)13-5-3-8-25(10-13)15(26)11-24-9-7-12-4-1-2-6-14(12)24/h1-2,4,6-7,9,13H,3,5,8,10-11H2. The molecule has 9 heteroatoms. The fourth-order valence-electron chi connectivity index (χ4n) is 3.44. The molecule has 1 amide bonds. The number of benzene rings is 1. The molecule has 3 heterocycles. The van der Waals surface area contributed by atoms with Crippen LogP contribution in [0.25, 0.3) is 10.9 Å². The first-order valence-corrected chi connectivity index (χ1v) is 8.64. The van der Waals surface area contributed by atoms with Gasteiger partial charge in [0.1, 0.15) is 6.54 Å². The summed E-state index contributed by atoms with van der Waals surface area (Å²) < 4.78 is 44.6. The number of amides is 1. The van der Waals surface area contributed by atoms with Gasteiger partial charge < -0.3 is 13.9 Å². The van der Waals surface area contributed by atoms with Gasteiger partial charge in [-0.2, -0.15) is 13.2 Å². The number of carbonyl (C=O) groups is 1. The van der Waals surface area contributed by atoms with Crippen molar-refractivity contribution in [3.8, 4) is 0 Å². The Bertz CT molecular complexity index is 963. The summed E-state index contributed by atoms with van der Waals surface area (Å²) in [6.45, 7) is 1.02. The topological polar surface area (TPSA) is 64.2 Å². The summed E-state index contributed by atoms with van der Waals surface area (Å²) in [5.41, 5.74) is 0.964. The van der Waals surface area contributed by atoms with Crippen molar-refractivity contribution in [3.05, 3.63) is 48.3 Å². The predicted molar refractivity (Wildman–Crippen MR) is 89.8 cm³/mol. The molecule has 0 aliphatic carbocycles. The summed E-state index contributed by atoms with van der Waals surface area (Å²) >= 11 is 0. The second kappa shape index (κ2) is 6.71. The molecular formula is C18H17F3N4O2. The van der Waals surface area contributed by atoms with Crippen molar-refractivity contribution in [1.29, 1.82) is 0 Å². The lowest BCUT2D eigenvalue weighted by Crippen LogP contribution is -2.40. The Morgan fingerprint density at radius 1 is 1.22 bits per heavy atom. The normalized spacial score (nSPS) is 18.2. The Kier molecular flexibility index (Phi) is 4.37. The molecule has 27 heavy (non-hydrogen) atoms. The molecule has 1 fully saturated rings. The molecule has 0 saturated carbocycles. The number of para-hydroxylation sites is 1. The number of aromatic nitrogens is 3. The van der Waals surface area contributed by atoms with Crippen LogP contribution in [0.15, 0.2) is 40.9 Å². The van der Waals surface area contributed by atoms with Gasteiger partial charge in [0.25, 0.3) is 0 Å². The maximum Gasteiger partial charge on any atom is 0.470 e. The minimum atomic E-state index is -4.66. The SMILES string of the molecule is O=C(Cn1ccc2ccccc21)N1CCCC(c2nnc(C(F)(F)F)o2)C1. The van der Waals surface area contributed by atoms with Crippen molar-refractivity contribution >= 4 is 16.8 Å². The van der Waals surface area contributed by atoms with Crippen LogP contribution >= 0.6 is 0 Å². The van der Waals surface area contributed by atoms with Crippen LogP contribution < -0.4 is 0 Å². The molecule has 6 nitrogen and oxygen atoms in total. The van der Waals surface area contributed by atoms with Crippen molar-refractivity contribution < 1.29 is 22.4 Å². The number of piperidine rings is 1. The molecule has 2 aromatic heterocycles. The third-order valence-electron chi connectivity index (χ3n) is 4.79. The molecule has 3 aromatic rings. The van der Waals surface area contributed by atoms with Gasteiger partial charge >= 0.3 is 12.1 Å². The Morgan fingerprint density at radius 3 is 2.81 bits per heavy atom. The average Bonchev–Trinajstić information content (AvgIpc) is 3.30. The van der Waals surface area contributed by atoms with Crippen LogP contribution in [0, 0.1) is 0 Å². The smallest absolute Gasteiger partial charge is 0.417 e. The van der Waals surface area contributed by atoms with Crippen molar-refractivity contribution in [2.75, 3.05) is 13.1 Å².